The van der Waals surface area contributed by atoms with Gasteiger partial charge in [-0.25, -0.2) is 4.98 Å². The highest BCUT2D eigenvalue weighted by Crippen LogP contribution is 2.26. The summed E-state index contributed by atoms with van der Waals surface area (Å²) >= 11 is 0. The number of nitrogens with one attached hydrogen (secondary N) is 1. The smallest absolute Gasteiger partial charge is 0.164 e. The minimum atomic E-state index is 0.651. The normalized spacial score (nSPS) is 29.5. The SMILES string of the molecule is Cn1cnc(CNC2CCN3CCCC3C2)n1. The Morgan fingerprint density at radius 3 is 3.18 bits per heavy atom. The van der Waals surface area contributed by atoms with Gasteiger partial charge in [-0.2, -0.15) is 5.10 Å². The fourth-order valence-corrected chi connectivity index (χ4v) is 3.11. The summed E-state index contributed by atoms with van der Waals surface area (Å²) in [6, 6.07) is 1.48. The molecule has 0 saturated carbocycles. The molecule has 94 valence electrons. The van der Waals surface area contributed by atoms with Gasteiger partial charge in [-0.1, -0.05) is 0 Å². The van der Waals surface area contributed by atoms with Crippen molar-refractivity contribution >= 4 is 0 Å². The highest BCUT2D eigenvalue weighted by molar-refractivity contribution is 4.90. The summed E-state index contributed by atoms with van der Waals surface area (Å²) in [5.41, 5.74) is 0. The number of aryl methyl sites for hydroxylation is 1. The molecule has 0 radical (unpaired) electrons. The van der Waals surface area contributed by atoms with Crippen LogP contribution in [0.1, 0.15) is 31.5 Å². The number of hydrogen-bond donors (Lipinski definition) is 1. The molecule has 0 amide bonds. The van der Waals surface area contributed by atoms with Gasteiger partial charge in [0, 0.05) is 19.1 Å². The van der Waals surface area contributed by atoms with Crippen LogP contribution in [0, 0.1) is 0 Å². The topological polar surface area (TPSA) is 46.0 Å². The van der Waals surface area contributed by atoms with E-state index in [9.17, 15) is 0 Å². The summed E-state index contributed by atoms with van der Waals surface area (Å²) in [7, 11) is 1.91. The maximum Gasteiger partial charge on any atom is 0.164 e. The third kappa shape index (κ3) is 2.50. The van der Waals surface area contributed by atoms with Crippen molar-refractivity contribution in [2.75, 3.05) is 13.1 Å². The van der Waals surface area contributed by atoms with E-state index in [1.165, 1.54) is 38.8 Å². The van der Waals surface area contributed by atoms with Crippen LogP contribution in [-0.2, 0) is 13.6 Å². The molecule has 3 rings (SSSR count). The van der Waals surface area contributed by atoms with Crippen LogP contribution in [0.15, 0.2) is 6.33 Å². The monoisotopic (exact) mass is 235 g/mol. The van der Waals surface area contributed by atoms with Crippen LogP contribution < -0.4 is 5.32 Å². The van der Waals surface area contributed by atoms with Crippen LogP contribution in [0.5, 0.6) is 0 Å². The second kappa shape index (κ2) is 4.74. The first-order chi connectivity index (χ1) is 8.31. The van der Waals surface area contributed by atoms with E-state index in [2.05, 4.69) is 20.3 Å². The maximum absolute atomic E-state index is 4.29. The number of nitrogens with zero attached hydrogens (tertiary/aromatic N) is 4. The third-order valence-electron chi connectivity index (χ3n) is 4.02. The van der Waals surface area contributed by atoms with Gasteiger partial charge in [0.05, 0.1) is 6.54 Å². The largest absolute Gasteiger partial charge is 0.307 e. The molecule has 17 heavy (non-hydrogen) atoms. The standard InChI is InChI=1S/C12H21N5/c1-16-9-14-12(15-16)8-13-10-4-6-17-5-2-3-11(17)7-10/h9-11,13H,2-8H2,1H3. The number of piperidine rings is 1. The van der Waals surface area contributed by atoms with Crippen molar-refractivity contribution in [3.8, 4) is 0 Å². The lowest BCUT2D eigenvalue weighted by molar-refractivity contribution is 0.166. The first kappa shape index (κ1) is 11.2. The summed E-state index contributed by atoms with van der Waals surface area (Å²) < 4.78 is 1.76. The van der Waals surface area contributed by atoms with Crippen LogP contribution in [0.3, 0.4) is 0 Å². The molecular formula is C12H21N5. The van der Waals surface area contributed by atoms with Crippen molar-refractivity contribution in [3.63, 3.8) is 0 Å². The molecule has 2 aliphatic rings. The molecule has 2 aliphatic heterocycles. The molecule has 0 aliphatic carbocycles. The molecule has 2 saturated heterocycles. The van der Waals surface area contributed by atoms with Crippen molar-refractivity contribution in [3.05, 3.63) is 12.2 Å². The molecule has 3 heterocycles. The van der Waals surface area contributed by atoms with E-state index in [4.69, 9.17) is 0 Å². The Morgan fingerprint density at radius 1 is 1.41 bits per heavy atom. The second-order valence-corrected chi connectivity index (χ2v) is 5.27. The Morgan fingerprint density at radius 2 is 2.35 bits per heavy atom. The summed E-state index contributed by atoms with van der Waals surface area (Å²) in [6.07, 6.45) is 7.10. The Bertz CT molecular complexity index is 375. The lowest BCUT2D eigenvalue weighted by Gasteiger charge is -2.35. The lowest BCUT2D eigenvalue weighted by atomic mass is 9.98. The van der Waals surface area contributed by atoms with Crippen molar-refractivity contribution in [1.29, 1.82) is 0 Å². The lowest BCUT2D eigenvalue weighted by Crippen LogP contribution is -2.45. The molecule has 5 nitrogen and oxygen atoms in total. The Labute approximate surface area is 102 Å². The fraction of sp³-hybridized carbons (Fsp3) is 0.833. The molecule has 0 aromatic carbocycles. The number of fused-ring (bicyclic) bond motifs is 1. The van der Waals surface area contributed by atoms with Crippen molar-refractivity contribution in [2.45, 2.75) is 44.3 Å². The molecule has 0 bridgehead atoms. The zero-order valence-electron chi connectivity index (χ0n) is 10.5. The van der Waals surface area contributed by atoms with Gasteiger partial charge >= 0.3 is 0 Å². The molecule has 1 aromatic heterocycles. The van der Waals surface area contributed by atoms with Gasteiger partial charge < -0.3 is 10.2 Å². The van der Waals surface area contributed by atoms with Gasteiger partial charge in [0.15, 0.2) is 5.82 Å². The second-order valence-electron chi connectivity index (χ2n) is 5.27. The molecule has 1 N–H and O–H groups in total. The minimum Gasteiger partial charge on any atom is -0.307 e. The Hall–Kier alpha value is -0.940. The van der Waals surface area contributed by atoms with Crippen LogP contribution in [0.25, 0.3) is 0 Å². The summed E-state index contributed by atoms with van der Waals surface area (Å²) in [6.45, 7) is 3.38. The van der Waals surface area contributed by atoms with Crippen molar-refractivity contribution in [2.24, 2.45) is 7.05 Å². The molecule has 0 spiro atoms. The predicted octanol–water partition coefficient (Wildman–Crippen LogP) is 0.531. The van der Waals surface area contributed by atoms with Gasteiger partial charge in [0.1, 0.15) is 6.33 Å². The Kier molecular flexibility index (Phi) is 3.11. The third-order valence-corrected chi connectivity index (χ3v) is 4.02. The highest BCUT2D eigenvalue weighted by atomic mass is 15.3. The van der Waals surface area contributed by atoms with Gasteiger partial charge in [-0.15, -0.1) is 0 Å². The van der Waals surface area contributed by atoms with E-state index in [-0.39, 0.29) is 0 Å². The van der Waals surface area contributed by atoms with E-state index in [1.54, 1.807) is 11.0 Å². The predicted molar refractivity (Wildman–Crippen MR) is 65.5 cm³/mol. The van der Waals surface area contributed by atoms with Gasteiger partial charge in [-0.05, 0) is 38.8 Å². The average Bonchev–Trinajstić information content (AvgIpc) is 2.94. The number of hydrogen-bond acceptors (Lipinski definition) is 4. The van der Waals surface area contributed by atoms with Gasteiger partial charge in [-0.3, -0.25) is 4.68 Å². The van der Waals surface area contributed by atoms with Crippen LogP contribution in [0.2, 0.25) is 0 Å². The zero-order valence-corrected chi connectivity index (χ0v) is 10.5. The van der Waals surface area contributed by atoms with E-state index in [0.29, 0.717) is 6.04 Å². The summed E-state index contributed by atoms with van der Waals surface area (Å²) in [5, 5.41) is 7.89. The molecule has 2 fully saturated rings. The van der Waals surface area contributed by atoms with Crippen LogP contribution in [-0.4, -0.2) is 44.8 Å². The van der Waals surface area contributed by atoms with Crippen LogP contribution in [0.4, 0.5) is 0 Å². The van der Waals surface area contributed by atoms with Crippen molar-refractivity contribution < 1.29 is 0 Å². The van der Waals surface area contributed by atoms with E-state index in [1.807, 2.05) is 7.05 Å². The van der Waals surface area contributed by atoms with E-state index in [0.717, 1.165) is 18.4 Å². The zero-order chi connectivity index (χ0) is 11.7. The molecule has 2 unspecified atom stereocenters. The number of rotatable bonds is 3. The van der Waals surface area contributed by atoms with E-state index < -0.39 is 0 Å². The summed E-state index contributed by atoms with van der Waals surface area (Å²) in [5.74, 6) is 0.904. The van der Waals surface area contributed by atoms with E-state index >= 15 is 0 Å². The molecular weight excluding hydrogens is 214 g/mol. The van der Waals surface area contributed by atoms with Crippen LogP contribution >= 0.6 is 0 Å². The molecule has 1 aromatic rings. The minimum absolute atomic E-state index is 0.651. The van der Waals surface area contributed by atoms with Gasteiger partial charge in [0.25, 0.3) is 0 Å². The maximum atomic E-state index is 4.29. The Balaban J connectivity index is 1.49. The summed E-state index contributed by atoms with van der Waals surface area (Å²) in [4.78, 5) is 6.90. The molecule has 5 heteroatoms. The first-order valence-corrected chi connectivity index (χ1v) is 6.63. The van der Waals surface area contributed by atoms with Gasteiger partial charge in [0.2, 0.25) is 0 Å². The average molecular weight is 235 g/mol. The highest BCUT2D eigenvalue weighted by Gasteiger charge is 2.31. The molecule has 2 atom stereocenters. The fourth-order valence-electron chi connectivity index (χ4n) is 3.11. The van der Waals surface area contributed by atoms with Crippen molar-refractivity contribution in [1.82, 2.24) is 25.0 Å². The first-order valence-electron chi connectivity index (χ1n) is 6.63. The quantitative estimate of drug-likeness (QED) is 0.830. The number of aromatic nitrogens is 3.